The molecule has 0 aliphatic carbocycles. The van der Waals surface area contributed by atoms with Gasteiger partial charge in [-0.25, -0.2) is 4.39 Å². The zero-order valence-corrected chi connectivity index (χ0v) is 19.5. The second-order valence-electron chi connectivity index (χ2n) is 8.69. The van der Waals surface area contributed by atoms with E-state index in [4.69, 9.17) is 28.0 Å². The number of para-hydroxylation sites is 1. The molecule has 3 nitrogen and oxygen atoms in total. The van der Waals surface area contributed by atoms with E-state index in [1.54, 1.807) is 18.2 Å². The number of fused-ring (bicyclic) bond motifs is 3. The molecule has 0 atom stereocenters. The topological polar surface area (TPSA) is 49.8 Å². The van der Waals surface area contributed by atoms with Crippen LogP contribution >= 0.6 is 0 Å². The lowest BCUT2D eigenvalue weighted by molar-refractivity contribution is 0.641. The molecule has 37 heavy (non-hydrogen) atoms. The lowest BCUT2D eigenvalue weighted by atomic mass is 9.76. The molecule has 2 aromatic heterocycles. The second kappa shape index (κ2) is 8.83. The lowest BCUT2D eigenvalue weighted by Crippen LogP contribution is -2.38. The van der Waals surface area contributed by atoms with Crippen LogP contribution < -0.4 is 16.5 Å². The van der Waals surface area contributed by atoms with Gasteiger partial charge in [0.15, 0.2) is 0 Å². The molecule has 0 aliphatic heterocycles. The summed E-state index contributed by atoms with van der Waals surface area (Å²) in [5, 5.41) is 11.3. The fourth-order valence-electron chi connectivity index (χ4n) is 4.72. The number of rotatable bonds is 3. The molecule has 0 bridgehead atoms. The zero-order chi connectivity index (χ0) is 25.7. The van der Waals surface area contributed by atoms with Crippen molar-refractivity contribution in [2.24, 2.45) is 0 Å². The van der Waals surface area contributed by atoms with Crippen molar-refractivity contribution >= 4 is 62.0 Å². The van der Waals surface area contributed by atoms with Gasteiger partial charge in [0.2, 0.25) is 0 Å². The van der Waals surface area contributed by atoms with Crippen molar-refractivity contribution < 1.29 is 8.81 Å². The van der Waals surface area contributed by atoms with Gasteiger partial charge in [-0.05, 0) is 41.0 Å². The fourth-order valence-corrected chi connectivity index (χ4v) is 4.72. The van der Waals surface area contributed by atoms with Crippen LogP contribution in [0, 0.1) is 17.1 Å². The van der Waals surface area contributed by atoms with Crippen LogP contribution in [0.25, 0.3) is 55.4 Å². The molecule has 6 rings (SSSR count). The van der Waals surface area contributed by atoms with Crippen molar-refractivity contribution in [3.63, 3.8) is 0 Å². The standard InChI is InChI=1S/C30H14B3FN2O/c31-24-25(32)27(36-30(33)26(24)34)22-11-5-10-21-23-19(15-35)12-13-20(29(23)37-28(21)22)18-9-4-8-17(14-18)16-6-2-1-3-7-16/h1-14H. The van der Waals surface area contributed by atoms with E-state index >= 15 is 0 Å². The van der Waals surface area contributed by atoms with Crippen molar-refractivity contribution in [3.05, 3.63) is 96.3 Å². The van der Waals surface area contributed by atoms with Gasteiger partial charge in [-0.15, -0.1) is 0 Å². The molecule has 0 N–H and O–H groups in total. The molecular formula is C30H14B3FN2O. The average molecular weight is 470 g/mol. The summed E-state index contributed by atoms with van der Waals surface area (Å²) in [6.07, 6.45) is 0. The van der Waals surface area contributed by atoms with Gasteiger partial charge in [0.1, 0.15) is 40.5 Å². The zero-order valence-electron chi connectivity index (χ0n) is 19.5. The number of aromatic nitrogens is 1. The Morgan fingerprint density at radius 3 is 2.24 bits per heavy atom. The third-order valence-electron chi connectivity index (χ3n) is 6.54. The fraction of sp³-hybridized carbons (Fsp3) is 0. The Morgan fingerprint density at radius 1 is 0.730 bits per heavy atom. The molecule has 7 heteroatoms. The summed E-state index contributed by atoms with van der Waals surface area (Å²) in [5.41, 5.74) is 5.43. The number of furan rings is 1. The summed E-state index contributed by atoms with van der Waals surface area (Å²) in [6, 6.07) is 29.6. The molecule has 0 spiro atoms. The van der Waals surface area contributed by atoms with E-state index in [9.17, 15) is 9.65 Å². The molecule has 0 saturated heterocycles. The number of halogens is 1. The van der Waals surface area contributed by atoms with Crippen LogP contribution in [0.15, 0.2) is 89.3 Å². The summed E-state index contributed by atoms with van der Waals surface area (Å²) >= 11 is 0. The summed E-state index contributed by atoms with van der Waals surface area (Å²) in [4.78, 5) is 4.16. The molecule has 166 valence electrons. The van der Waals surface area contributed by atoms with Crippen molar-refractivity contribution in [2.75, 3.05) is 0 Å². The van der Waals surface area contributed by atoms with E-state index in [2.05, 4.69) is 29.3 Å². The molecule has 0 fully saturated rings. The van der Waals surface area contributed by atoms with E-state index < -0.39 is 5.82 Å². The predicted octanol–water partition coefficient (Wildman–Crippen LogP) is 4.37. The van der Waals surface area contributed by atoms with Crippen molar-refractivity contribution in [2.45, 2.75) is 0 Å². The first-order chi connectivity index (χ1) is 18.0. The maximum atomic E-state index is 14.2. The highest BCUT2D eigenvalue weighted by Gasteiger charge is 2.21. The number of pyridine rings is 1. The van der Waals surface area contributed by atoms with Gasteiger partial charge in [-0.2, -0.15) is 5.26 Å². The van der Waals surface area contributed by atoms with E-state index in [0.29, 0.717) is 33.1 Å². The highest BCUT2D eigenvalue weighted by Crippen LogP contribution is 2.41. The van der Waals surface area contributed by atoms with Crippen molar-refractivity contribution in [3.8, 4) is 39.6 Å². The first-order valence-corrected chi connectivity index (χ1v) is 11.5. The molecule has 4 aromatic carbocycles. The smallest absolute Gasteiger partial charge is 0.145 e. The minimum atomic E-state index is -0.856. The highest BCUT2D eigenvalue weighted by atomic mass is 19.1. The van der Waals surface area contributed by atoms with Crippen molar-refractivity contribution in [1.29, 1.82) is 5.26 Å². The normalized spacial score (nSPS) is 11.1. The second-order valence-corrected chi connectivity index (χ2v) is 8.69. The van der Waals surface area contributed by atoms with Crippen LogP contribution in [0.5, 0.6) is 0 Å². The van der Waals surface area contributed by atoms with E-state index in [-0.39, 0.29) is 22.2 Å². The van der Waals surface area contributed by atoms with Gasteiger partial charge < -0.3 is 4.42 Å². The minimum Gasteiger partial charge on any atom is -0.455 e. The largest absolute Gasteiger partial charge is 0.455 e. The number of hydrogen-bond acceptors (Lipinski definition) is 3. The van der Waals surface area contributed by atoms with E-state index in [0.717, 1.165) is 22.3 Å². The van der Waals surface area contributed by atoms with Gasteiger partial charge in [0, 0.05) is 27.5 Å². The number of benzene rings is 4. The Balaban J connectivity index is 1.64. The first kappa shape index (κ1) is 22.9. The first-order valence-electron chi connectivity index (χ1n) is 11.5. The van der Waals surface area contributed by atoms with Crippen LogP contribution in [0.1, 0.15) is 5.56 Å². The minimum absolute atomic E-state index is 0.0315. The third-order valence-corrected chi connectivity index (χ3v) is 6.54. The molecule has 6 aromatic rings. The Labute approximate surface area is 216 Å². The van der Waals surface area contributed by atoms with Gasteiger partial charge >= 0.3 is 0 Å². The Kier molecular flexibility index (Phi) is 5.46. The number of nitriles is 1. The van der Waals surface area contributed by atoms with Gasteiger partial charge in [-0.1, -0.05) is 71.6 Å². The maximum absolute atomic E-state index is 14.2. The van der Waals surface area contributed by atoms with Crippen LogP contribution in [0.2, 0.25) is 0 Å². The highest BCUT2D eigenvalue weighted by molar-refractivity contribution is 6.52. The number of nitrogens with zero attached hydrogens (tertiary/aromatic N) is 2. The molecule has 0 saturated carbocycles. The summed E-state index contributed by atoms with van der Waals surface area (Å²) in [6.45, 7) is 0. The van der Waals surface area contributed by atoms with E-state index in [1.165, 1.54) is 0 Å². The van der Waals surface area contributed by atoms with Crippen LogP contribution in [0.4, 0.5) is 4.39 Å². The molecular weight excluding hydrogens is 456 g/mol. The van der Waals surface area contributed by atoms with Gasteiger partial charge in [-0.3, -0.25) is 4.98 Å². The molecule has 0 amide bonds. The SMILES string of the molecule is [B]c1nc(-c2cccc3c2oc2c(-c4cccc(-c5ccccc5)c4)ccc(C#N)c23)c([B])c([B])c1F. The average Bonchev–Trinajstić information content (AvgIpc) is 3.34. The summed E-state index contributed by atoms with van der Waals surface area (Å²) in [5.74, 6) is -0.856. The quantitative estimate of drug-likeness (QED) is 0.362. The Bertz CT molecular complexity index is 1890. The van der Waals surface area contributed by atoms with Crippen LogP contribution in [-0.4, -0.2) is 28.5 Å². The molecule has 0 unspecified atom stereocenters. The van der Waals surface area contributed by atoms with Crippen LogP contribution in [-0.2, 0) is 0 Å². The van der Waals surface area contributed by atoms with Gasteiger partial charge in [0.25, 0.3) is 0 Å². The maximum Gasteiger partial charge on any atom is 0.145 e. The molecule has 0 aliphatic rings. The molecule has 6 radical (unpaired) electrons. The Morgan fingerprint density at radius 2 is 1.46 bits per heavy atom. The predicted molar refractivity (Wildman–Crippen MR) is 149 cm³/mol. The third kappa shape index (κ3) is 3.65. The number of hydrogen-bond donors (Lipinski definition) is 0. The summed E-state index contributed by atoms with van der Waals surface area (Å²) in [7, 11) is 17.8. The van der Waals surface area contributed by atoms with Gasteiger partial charge in [0.05, 0.1) is 17.3 Å². The lowest BCUT2D eigenvalue weighted by Gasteiger charge is -2.12. The molecule has 2 heterocycles. The van der Waals surface area contributed by atoms with Crippen molar-refractivity contribution in [1.82, 2.24) is 4.98 Å². The Hall–Kier alpha value is -4.56. The van der Waals surface area contributed by atoms with Crippen LogP contribution in [0.3, 0.4) is 0 Å². The monoisotopic (exact) mass is 470 g/mol. The van der Waals surface area contributed by atoms with E-state index in [1.807, 2.05) is 48.5 Å². The summed E-state index contributed by atoms with van der Waals surface area (Å²) < 4.78 is 20.7.